The van der Waals surface area contributed by atoms with E-state index in [1.807, 2.05) is 20.8 Å². The number of carbonyl (C=O) groups excluding carboxylic acids is 1. The number of carbonyl (C=O) groups is 1. The first-order valence-electron chi connectivity index (χ1n) is 9.08. The molecule has 1 amide bonds. The monoisotopic (exact) mass is 400 g/mol. The summed E-state index contributed by atoms with van der Waals surface area (Å²) in [6.07, 6.45) is 0.284. The number of benzene rings is 1. The van der Waals surface area contributed by atoms with Gasteiger partial charge in [0.2, 0.25) is 12.7 Å². The Labute approximate surface area is 162 Å². The molecule has 0 aliphatic carbocycles. The number of hydrogen-bond donors (Lipinski definition) is 3. The van der Waals surface area contributed by atoms with Gasteiger partial charge in [0, 0.05) is 37.2 Å². The van der Waals surface area contributed by atoms with Gasteiger partial charge in [0.15, 0.2) is 17.5 Å². The average Bonchev–Trinajstić information content (AvgIpc) is 3.05. The molecule has 1 aromatic carbocycles. The summed E-state index contributed by atoms with van der Waals surface area (Å²) in [6.45, 7) is 3.80. The molecule has 1 aliphatic rings. The fourth-order valence-corrected chi connectivity index (χ4v) is 2.49. The van der Waals surface area contributed by atoms with Crippen molar-refractivity contribution in [1.29, 1.82) is 0 Å². The van der Waals surface area contributed by atoms with Crippen LogP contribution in [0.1, 0.15) is 32.8 Å². The minimum Gasteiger partial charge on any atom is -0.454 e. The summed E-state index contributed by atoms with van der Waals surface area (Å²) in [5.41, 5.74) is 0.430. The van der Waals surface area contributed by atoms with Crippen LogP contribution < -0.4 is 30.2 Å². The maximum absolute atomic E-state index is 12.7. The van der Waals surface area contributed by atoms with Crippen molar-refractivity contribution in [2.24, 2.45) is 4.99 Å². The van der Waals surface area contributed by atoms with Gasteiger partial charge in [-0.25, -0.2) is 4.99 Å². The normalized spacial score (nSPS) is 13.0. The Bertz CT molecular complexity index is 698. The molecule has 0 bridgehead atoms. The number of halogens is 2. The zero-order valence-electron chi connectivity index (χ0n) is 16.2. The minimum atomic E-state index is -2.96. The van der Waals surface area contributed by atoms with Crippen LogP contribution in [0.5, 0.6) is 17.2 Å². The molecule has 8 nitrogen and oxygen atoms in total. The number of nitrogens with one attached hydrogen (secondary N) is 3. The number of hydrogen-bond acceptors (Lipinski definition) is 5. The molecule has 28 heavy (non-hydrogen) atoms. The van der Waals surface area contributed by atoms with Crippen LogP contribution in [0, 0.1) is 0 Å². The summed E-state index contributed by atoms with van der Waals surface area (Å²) in [7, 11) is 0. The SMILES string of the molecule is CCNC(=NCc1cc2c(cc1OC(F)F)OCO2)NCCC(=O)NC(C)C. The zero-order chi connectivity index (χ0) is 20.5. The summed E-state index contributed by atoms with van der Waals surface area (Å²) in [6, 6.07) is 3.02. The zero-order valence-corrected chi connectivity index (χ0v) is 16.2. The van der Waals surface area contributed by atoms with E-state index in [0.717, 1.165) is 0 Å². The van der Waals surface area contributed by atoms with E-state index < -0.39 is 6.61 Å². The number of fused-ring (bicyclic) bond motifs is 1. The van der Waals surface area contributed by atoms with Gasteiger partial charge in [0.25, 0.3) is 0 Å². The Morgan fingerprint density at radius 3 is 2.61 bits per heavy atom. The number of amides is 1. The second-order valence-electron chi connectivity index (χ2n) is 6.29. The second kappa shape index (κ2) is 10.5. The molecule has 3 N–H and O–H groups in total. The summed E-state index contributed by atoms with van der Waals surface area (Å²) in [4.78, 5) is 16.1. The van der Waals surface area contributed by atoms with Crippen LogP contribution in [0.25, 0.3) is 0 Å². The second-order valence-corrected chi connectivity index (χ2v) is 6.29. The van der Waals surface area contributed by atoms with Crippen LogP contribution in [0.2, 0.25) is 0 Å². The Balaban J connectivity index is 2.04. The number of nitrogens with zero attached hydrogens (tertiary/aromatic N) is 1. The lowest BCUT2D eigenvalue weighted by molar-refractivity contribution is -0.121. The van der Waals surface area contributed by atoms with Crippen molar-refractivity contribution in [3.63, 3.8) is 0 Å². The van der Waals surface area contributed by atoms with Crippen LogP contribution >= 0.6 is 0 Å². The van der Waals surface area contributed by atoms with Crippen molar-refractivity contribution in [1.82, 2.24) is 16.0 Å². The van der Waals surface area contributed by atoms with Crippen LogP contribution in [-0.4, -0.2) is 44.4 Å². The molecule has 0 spiro atoms. The van der Waals surface area contributed by atoms with Crippen molar-refractivity contribution in [2.75, 3.05) is 19.9 Å². The molecule has 1 aliphatic heterocycles. The number of aliphatic imine (C=N–C) groups is 1. The van der Waals surface area contributed by atoms with Crippen molar-refractivity contribution < 1.29 is 27.8 Å². The standard InChI is InChI=1S/C18H26F2N4O4/c1-4-21-18(22-6-5-16(25)24-11(2)3)23-9-12-7-14-15(27-10-26-14)8-13(12)28-17(19)20/h7-8,11,17H,4-6,9-10H2,1-3H3,(H,24,25)(H2,21,22,23). The van der Waals surface area contributed by atoms with E-state index in [4.69, 9.17) is 9.47 Å². The predicted octanol–water partition coefficient (Wildman–Crippen LogP) is 1.99. The number of rotatable bonds is 9. The van der Waals surface area contributed by atoms with Crippen molar-refractivity contribution >= 4 is 11.9 Å². The van der Waals surface area contributed by atoms with Gasteiger partial charge in [-0.2, -0.15) is 8.78 Å². The molecule has 0 fully saturated rings. The van der Waals surface area contributed by atoms with Gasteiger partial charge >= 0.3 is 6.61 Å². The minimum absolute atomic E-state index is 0.0184. The van der Waals surface area contributed by atoms with Crippen molar-refractivity contribution in [3.8, 4) is 17.2 Å². The Hall–Kier alpha value is -2.78. The molecule has 0 unspecified atom stereocenters. The lowest BCUT2D eigenvalue weighted by Crippen LogP contribution is -2.40. The quantitative estimate of drug-likeness (QED) is 0.434. The van der Waals surface area contributed by atoms with Gasteiger partial charge in [-0.3, -0.25) is 4.79 Å². The summed E-state index contributed by atoms with van der Waals surface area (Å²) in [5.74, 6) is 1.18. The third-order valence-corrected chi connectivity index (χ3v) is 3.62. The van der Waals surface area contributed by atoms with Crippen LogP contribution in [-0.2, 0) is 11.3 Å². The Kier molecular flexibility index (Phi) is 8.09. The van der Waals surface area contributed by atoms with Crippen LogP contribution in [0.15, 0.2) is 17.1 Å². The van der Waals surface area contributed by atoms with E-state index in [1.165, 1.54) is 6.07 Å². The first-order chi connectivity index (χ1) is 13.4. The number of guanidine groups is 1. The Morgan fingerprint density at radius 2 is 1.96 bits per heavy atom. The molecule has 10 heteroatoms. The molecule has 1 heterocycles. The van der Waals surface area contributed by atoms with Crippen molar-refractivity contribution in [3.05, 3.63) is 17.7 Å². The van der Waals surface area contributed by atoms with E-state index in [2.05, 4.69) is 25.7 Å². The van der Waals surface area contributed by atoms with Gasteiger partial charge in [-0.1, -0.05) is 0 Å². The van der Waals surface area contributed by atoms with E-state index >= 15 is 0 Å². The number of ether oxygens (including phenoxy) is 3. The highest BCUT2D eigenvalue weighted by Crippen LogP contribution is 2.38. The van der Waals surface area contributed by atoms with Gasteiger partial charge < -0.3 is 30.2 Å². The molecule has 0 saturated carbocycles. The van der Waals surface area contributed by atoms with Crippen molar-refractivity contribution in [2.45, 2.75) is 46.4 Å². The molecular formula is C18H26F2N4O4. The highest BCUT2D eigenvalue weighted by Gasteiger charge is 2.20. The first-order valence-corrected chi connectivity index (χ1v) is 9.08. The third kappa shape index (κ3) is 6.75. The van der Waals surface area contributed by atoms with Gasteiger partial charge in [0.05, 0.1) is 6.54 Å². The Morgan fingerprint density at radius 1 is 1.25 bits per heavy atom. The van der Waals surface area contributed by atoms with E-state index in [-0.39, 0.29) is 37.5 Å². The van der Waals surface area contributed by atoms with Gasteiger partial charge in [-0.15, -0.1) is 0 Å². The highest BCUT2D eigenvalue weighted by atomic mass is 19.3. The predicted molar refractivity (Wildman–Crippen MR) is 99.9 cm³/mol. The maximum Gasteiger partial charge on any atom is 0.387 e. The maximum atomic E-state index is 12.7. The van der Waals surface area contributed by atoms with E-state index in [1.54, 1.807) is 6.07 Å². The lowest BCUT2D eigenvalue weighted by Gasteiger charge is -2.14. The smallest absolute Gasteiger partial charge is 0.387 e. The summed E-state index contributed by atoms with van der Waals surface area (Å²) < 4.78 is 40.5. The largest absolute Gasteiger partial charge is 0.454 e. The third-order valence-electron chi connectivity index (χ3n) is 3.62. The molecule has 0 aromatic heterocycles. The molecule has 0 radical (unpaired) electrons. The van der Waals surface area contributed by atoms with E-state index in [0.29, 0.717) is 36.1 Å². The fraction of sp³-hybridized carbons (Fsp3) is 0.556. The van der Waals surface area contributed by atoms with E-state index in [9.17, 15) is 13.6 Å². The first kappa shape index (κ1) is 21.5. The van der Waals surface area contributed by atoms with Crippen LogP contribution in [0.3, 0.4) is 0 Å². The molecule has 156 valence electrons. The molecular weight excluding hydrogens is 374 g/mol. The number of alkyl halides is 2. The topological polar surface area (TPSA) is 93.2 Å². The molecule has 2 rings (SSSR count). The van der Waals surface area contributed by atoms with Gasteiger partial charge in [0.1, 0.15) is 5.75 Å². The molecule has 0 saturated heterocycles. The summed E-state index contributed by atoms with van der Waals surface area (Å²) in [5, 5.41) is 8.89. The lowest BCUT2D eigenvalue weighted by atomic mass is 10.1. The van der Waals surface area contributed by atoms with Crippen LogP contribution in [0.4, 0.5) is 8.78 Å². The average molecular weight is 400 g/mol. The van der Waals surface area contributed by atoms with Gasteiger partial charge in [-0.05, 0) is 26.8 Å². The summed E-state index contributed by atoms with van der Waals surface area (Å²) >= 11 is 0. The fourth-order valence-electron chi connectivity index (χ4n) is 2.49. The molecule has 0 atom stereocenters. The highest BCUT2D eigenvalue weighted by molar-refractivity contribution is 5.81. The molecule has 1 aromatic rings.